The van der Waals surface area contributed by atoms with E-state index in [1.54, 1.807) is 0 Å². The van der Waals surface area contributed by atoms with E-state index in [2.05, 4.69) is 0 Å². The lowest BCUT2D eigenvalue weighted by molar-refractivity contribution is -0.119. The first-order valence-corrected chi connectivity index (χ1v) is 10.7. The van der Waals surface area contributed by atoms with Crippen molar-refractivity contribution < 1.29 is 21.6 Å². The average Bonchev–Trinajstić information content (AvgIpc) is 2.36. The van der Waals surface area contributed by atoms with Crippen molar-refractivity contribution in [1.82, 2.24) is 0 Å². The average molecular weight is 326 g/mol. The number of ketones is 1. The smallest absolute Gasteiger partial charge is 0.276 e. The Morgan fingerprint density at radius 3 is 2.40 bits per heavy atom. The third-order valence-electron chi connectivity index (χ3n) is 3.24. The van der Waals surface area contributed by atoms with Crippen molar-refractivity contribution in [3.63, 3.8) is 0 Å². The fraction of sp³-hybridized carbons (Fsp3) is 0.923. The monoisotopic (exact) mass is 326 g/mol. The number of hydrogen-bond donors (Lipinski definition) is 0. The molecule has 0 radical (unpaired) electrons. The number of Topliss-reactive ketones (excluding diaryl/α,β-unsaturated/α-hetero) is 1. The predicted octanol–water partition coefficient (Wildman–Crippen LogP) is 2.11. The summed E-state index contributed by atoms with van der Waals surface area (Å²) < 4.78 is 35.0. The molecule has 1 aliphatic heterocycles. The maximum atomic E-state index is 12.1. The third kappa shape index (κ3) is 5.71. The normalized spacial score (nSPS) is 20.8. The van der Waals surface area contributed by atoms with Gasteiger partial charge in [-0.2, -0.15) is 8.42 Å². The van der Waals surface area contributed by atoms with Crippen LogP contribution in [0.2, 0.25) is 0 Å². The third-order valence-corrected chi connectivity index (χ3v) is 8.65. The molecule has 1 fully saturated rings. The highest BCUT2D eigenvalue weighted by atomic mass is 32.3. The van der Waals surface area contributed by atoms with Crippen LogP contribution in [0.4, 0.5) is 0 Å². The molecule has 1 heterocycles. The van der Waals surface area contributed by atoms with Crippen molar-refractivity contribution in [2.24, 2.45) is 5.92 Å². The molecule has 0 aromatic rings. The lowest BCUT2D eigenvalue weighted by Crippen LogP contribution is -2.33. The minimum atomic E-state index is -3.54. The maximum Gasteiger partial charge on any atom is 0.276 e. The molecule has 0 atom stereocenters. The first-order chi connectivity index (χ1) is 9.30. The van der Waals surface area contributed by atoms with Gasteiger partial charge < -0.3 is 4.74 Å². The number of unbranched alkanes of at least 4 members (excludes halogenated alkanes) is 1. The molecule has 0 aromatic heterocycles. The Morgan fingerprint density at radius 1 is 1.30 bits per heavy atom. The van der Waals surface area contributed by atoms with E-state index in [-0.39, 0.29) is 23.2 Å². The molecule has 7 heteroatoms. The Hall–Kier alpha value is -0.110. The molecule has 0 aliphatic carbocycles. The summed E-state index contributed by atoms with van der Waals surface area (Å²) in [5.41, 5.74) is 0. The summed E-state index contributed by atoms with van der Waals surface area (Å²) in [6, 6.07) is 0. The van der Waals surface area contributed by atoms with Gasteiger partial charge in [0.25, 0.3) is 10.1 Å². The zero-order valence-corrected chi connectivity index (χ0v) is 14.2. The summed E-state index contributed by atoms with van der Waals surface area (Å²) in [4.78, 5) is 12.0. The number of hydrogen-bond acceptors (Lipinski definition) is 5. The van der Waals surface area contributed by atoms with E-state index >= 15 is 0 Å². The summed E-state index contributed by atoms with van der Waals surface area (Å²) in [5, 5.41) is 0. The number of rotatable bonds is 8. The fourth-order valence-corrected chi connectivity index (χ4v) is 7.46. The van der Waals surface area contributed by atoms with E-state index in [1.807, 2.05) is 20.8 Å². The van der Waals surface area contributed by atoms with Crippen LogP contribution in [0.5, 0.6) is 0 Å². The highest BCUT2D eigenvalue weighted by Crippen LogP contribution is 2.52. The van der Waals surface area contributed by atoms with Gasteiger partial charge >= 0.3 is 0 Å². The molecule has 0 spiro atoms. The Balaban J connectivity index is 2.80. The van der Waals surface area contributed by atoms with Gasteiger partial charge in [-0.05, 0) is 6.42 Å². The Morgan fingerprint density at radius 2 is 1.90 bits per heavy atom. The molecular weight excluding hydrogens is 300 g/mol. The molecule has 0 aromatic carbocycles. The number of ether oxygens (including phenoxy) is 1. The first kappa shape index (κ1) is 17.9. The highest BCUT2D eigenvalue weighted by molar-refractivity contribution is 8.33. The summed E-state index contributed by atoms with van der Waals surface area (Å²) >= 11 is 0. The molecule has 1 rings (SSSR count). The molecule has 20 heavy (non-hydrogen) atoms. The minimum absolute atomic E-state index is 0.0367. The van der Waals surface area contributed by atoms with Crippen molar-refractivity contribution in [2.45, 2.75) is 33.6 Å². The van der Waals surface area contributed by atoms with E-state index in [1.165, 1.54) is 0 Å². The van der Waals surface area contributed by atoms with E-state index in [0.717, 1.165) is 6.42 Å². The quantitative estimate of drug-likeness (QED) is 0.683. The second-order valence-electron chi connectivity index (χ2n) is 5.44. The second-order valence-corrected chi connectivity index (χ2v) is 10.5. The van der Waals surface area contributed by atoms with Crippen LogP contribution in [0.3, 0.4) is 0 Å². The molecule has 5 nitrogen and oxygen atoms in total. The van der Waals surface area contributed by atoms with E-state index < -0.39 is 20.4 Å². The van der Waals surface area contributed by atoms with Crippen LogP contribution < -0.4 is 0 Å². The number of carbonyl (C=O) groups is 1. The van der Waals surface area contributed by atoms with Gasteiger partial charge in [0, 0.05) is 17.4 Å². The maximum absolute atomic E-state index is 12.1. The Kier molecular flexibility index (Phi) is 6.97. The van der Waals surface area contributed by atoms with Gasteiger partial charge in [-0.15, -0.1) is 10.3 Å². The summed E-state index contributed by atoms with van der Waals surface area (Å²) in [6.07, 6.45) is 1.39. The van der Waals surface area contributed by atoms with Gasteiger partial charge in [-0.25, -0.2) is 3.63 Å². The topological polar surface area (TPSA) is 69.7 Å². The standard InChI is InChI=1S/C13H26O5S2/c1-4-5-8-20(15,16)18-19(9-6-17-7-10-19)11-13(14)12(2)3/h12H,4-11H2,1-3H3. The van der Waals surface area contributed by atoms with Gasteiger partial charge in [0.05, 0.1) is 24.7 Å². The van der Waals surface area contributed by atoms with Gasteiger partial charge in [0.1, 0.15) is 5.78 Å². The number of carbonyl (C=O) groups excluding carboxylic acids is 1. The zero-order valence-electron chi connectivity index (χ0n) is 12.6. The summed E-state index contributed by atoms with van der Waals surface area (Å²) in [7, 11) is -5.44. The molecule has 0 bridgehead atoms. The van der Waals surface area contributed by atoms with Crippen LogP contribution in [-0.2, 0) is 23.3 Å². The van der Waals surface area contributed by atoms with Crippen LogP contribution in [0.15, 0.2) is 0 Å². The van der Waals surface area contributed by atoms with Crippen LogP contribution in [-0.4, -0.2) is 50.4 Å². The molecule has 0 saturated carbocycles. The highest BCUT2D eigenvalue weighted by Gasteiger charge is 2.35. The summed E-state index contributed by atoms with van der Waals surface area (Å²) in [6.45, 7) is 6.56. The van der Waals surface area contributed by atoms with Gasteiger partial charge in [-0.3, -0.25) is 4.79 Å². The van der Waals surface area contributed by atoms with E-state index in [9.17, 15) is 13.2 Å². The van der Waals surface area contributed by atoms with Crippen molar-refractivity contribution >= 4 is 26.2 Å². The van der Waals surface area contributed by atoms with Crippen LogP contribution in [0, 0.1) is 5.92 Å². The zero-order chi connectivity index (χ0) is 15.2. The minimum Gasteiger partial charge on any atom is -0.380 e. The van der Waals surface area contributed by atoms with Crippen LogP contribution in [0.25, 0.3) is 0 Å². The van der Waals surface area contributed by atoms with Crippen molar-refractivity contribution in [1.29, 1.82) is 0 Å². The molecular formula is C13H26O5S2. The van der Waals surface area contributed by atoms with Crippen molar-refractivity contribution in [2.75, 3.05) is 36.2 Å². The SMILES string of the molecule is CCCCS(=O)(=O)OS1(CC(=O)C(C)C)CCOCC1. The fourth-order valence-electron chi connectivity index (χ4n) is 1.86. The van der Waals surface area contributed by atoms with Crippen molar-refractivity contribution in [3.05, 3.63) is 0 Å². The largest absolute Gasteiger partial charge is 0.380 e. The lowest BCUT2D eigenvalue weighted by Gasteiger charge is -2.40. The van der Waals surface area contributed by atoms with E-state index in [0.29, 0.717) is 31.1 Å². The van der Waals surface area contributed by atoms with Gasteiger partial charge in [0.2, 0.25) is 0 Å². The molecule has 120 valence electrons. The van der Waals surface area contributed by atoms with Crippen molar-refractivity contribution in [3.8, 4) is 0 Å². The molecule has 1 aliphatic rings. The van der Waals surface area contributed by atoms with E-state index in [4.69, 9.17) is 8.37 Å². The predicted molar refractivity (Wildman–Crippen MR) is 82.6 cm³/mol. The molecule has 0 unspecified atom stereocenters. The molecule has 0 amide bonds. The lowest BCUT2D eigenvalue weighted by atomic mass is 10.1. The molecule has 1 saturated heterocycles. The van der Waals surface area contributed by atoms with Gasteiger partial charge in [-0.1, -0.05) is 27.2 Å². The van der Waals surface area contributed by atoms with Gasteiger partial charge in [0.15, 0.2) is 0 Å². The Bertz CT molecular complexity index is 410. The van der Waals surface area contributed by atoms with Crippen LogP contribution in [0.1, 0.15) is 33.6 Å². The first-order valence-electron chi connectivity index (χ1n) is 7.11. The second kappa shape index (κ2) is 7.77. The summed E-state index contributed by atoms with van der Waals surface area (Å²) in [5.74, 6) is 1.33. The molecule has 0 N–H and O–H groups in total. The van der Waals surface area contributed by atoms with Crippen LogP contribution >= 0.6 is 10.3 Å². The Labute approximate surface area is 124 Å².